The Bertz CT molecular complexity index is 134. The van der Waals surface area contributed by atoms with Gasteiger partial charge in [0.2, 0.25) is 5.91 Å². The molecule has 4 heteroatoms. The molecular weight excluding hydrogens is 144 g/mol. The van der Waals surface area contributed by atoms with Crippen LogP contribution in [0.1, 0.15) is 6.42 Å². The van der Waals surface area contributed by atoms with Gasteiger partial charge in [0.25, 0.3) is 0 Å². The molecule has 1 aliphatic heterocycles. The fourth-order valence-corrected chi connectivity index (χ4v) is 0.868. The lowest BCUT2D eigenvalue weighted by Gasteiger charge is -2.26. The van der Waals surface area contributed by atoms with Crippen LogP contribution in [-0.4, -0.2) is 38.8 Å². The van der Waals surface area contributed by atoms with E-state index in [2.05, 4.69) is 10.6 Å². The summed E-state index contributed by atoms with van der Waals surface area (Å²) in [5.74, 6) is 0.0812. The zero-order valence-electron chi connectivity index (χ0n) is 6.72. The summed E-state index contributed by atoms with van der Waals surface area (Å²) in [7, 11) is 1.65. The third-order valence-corrected chi connectivity index (χ3v) is 1.70. The minimum absolute atomic E-state index is 0.0812. The van der Waals surface area contributed by atoms with Crippen LogP contribution in [0.5, 0.6) is 0 Å². The van der Waals surface area contributed by atoms with Gasteiger partial charge in [0.15, 0.2) is 0 Å². The molecule has 0 saturated carbocycles. The third kappa shape index (κ3) is 2.86. The Hall–Kier alpha value is -0.610. The highest BCUT2D eigenvalue weighted by Crippen LogP contribution is 1.98. The predicted octanol–water partition coefficient (Wildman–Crippen LogP) is -0.889. The van der Waals surface area contributed by atoms with Gasteiger partial charge in [-0.2, -0.15) is 0 Å². The first-order chi connectivity index (χ1) is 5.33. The molecule has 1 rings (SSSR count). The highest BCUT2D eigenvalue weighted by Gasteiger charge is 2.16. The van der Waals surface area contributed by atoms with Gasteiger partial charge in [-0.3, -0.25) is 4.79 Å². The number of ether oxygens (including phenoxy) is 1. The largest absolute Gasteiger partial charge is 0.378 e. The van der Waals surface area contributed by atoms with Crippen LogP contribution in [0.4, 0.5) is 0 Å². The molecule has 1 fully saturated rings. The summed E-state index contributed by atoms with van der Waals surface area (Å²) in [6.07, 6.45) is 0.549. The van der Waals surface area contributed by atoms with Gasteiger partial charge < -0.3 is 15.4 Å². The van der Waals surface area contributed by atoms with Crippen molar-refractivity contribution in [2.24, 2.45) is 0 Å². The van der Waals surface area contributed by atoms with Gasteiger partial charge >= 0.3 is 0 Å². The van der Waals surface area contributed by atoms with Gasteiger partial charge in [-0.15, -0.1) is 0 Å². The van der Waals surface area contributed by atoms with E-state index in [0.717, 1.165) is 19.8 Å². The summed E-state index contributed by atoms with van der Waals surface area (Å²) < 4.78 is 4.96. The van der Waals surface area contributed by atoms with Crippen molar-refractivity contribution in [1.82, 2.24) is 10.6 Å². The quantitative estimate of drug-likeness (QED) is 0.558. The van der Waals surface area contributed by atoms with Gasteiger partial charge in [0.05, 0.1) is 19.3 Å². The molecule has 0 aliphatic carbocycles. The molecule has 11 heavy (non-hydrogen) atoms. The topological polar surface area (TPSA) is 50.4 Å². The van der Waals surface area contributed by atoms with E-state index in [-0.39, 0.29) is 5.91 Å². The van der Waals surface area contributed by atoms with Crippen molar-refractivity contribution in [2.75, 3.05) is 26.8 Å². The second-order valence-corrected chi connectivity index (χ2v) is 2.61. The number of carbonyl (C=O) groups is 1. The molecule has 0 aromatic heterocycles. The van der Waals surface area contributed by atoms with E-state index in [1.165, 1.54) is 0 Å². The van der Waals surface area contributed by atoms with Crippen LogP contribution in [0, 0.1) is 0 Å². The number of rotatable bonds is 4. The van der Waals surface area contributed by atoms with Crippen molar-refractivity contribution in [3.8, 4) is 0 Å². The lowest BCUT2D eigenvalue weighted by atomic mass is 10.2. The van der Waals surface area contributed by atoms with E-state index in [1.807, 2.05) is 0 Å². The van der Waals surface area contributed by atoms with E-state index in [4.69, 9.17) is 4.74 Å². The summed E-state index contributed by atoms with van der Waals surface area (Å²) >= 11 is 0. The lowest BCUT2D eigenvalue weighted by molar-refractivity contribution is -0.120. The lowest BCUT2D eigenvalue weighted by Crippen LogP contribution is -2.46. The smallest absolute Gasteiger partial charge is 0.221 e. The Morgan fingerprint density at radius 1 is 1.64 bits per heavy atom. The number of nitrogens with one attached hydrogen (secondary N) is 2. The van der Waals surface area contributed by atoms with E-state index < -0.39 is 0 Å². The van der Waals surface area contributed by atoms with Crippen LogP contribution < -0.4 is 10.6 Å². The van der Waals surface area contributed by atoms with Crippen molar-refractivity contribution in [2.45, 2.75) is 12.5 Å². The zero-order valence-corrected chi connectivity index (χ0v) is 6.72. The first kappa shape index (κ1) is 8.49. The minimum atomic E-state index is 0.0812. The average Bonchev–Trinajstić information content (AvgIpc) is 1.94. The van der Waals surface area contributed by atoms with Crippen LogP contribution in [0.25, 0.3) is 0 Å². The van der Waals surface area contributed by atoms with Crippen LogP contribution in [0.3, 0.4) is 0 Å². The standard InChI is InChI=1S/C7H14N2O2/c1-8-7(10)2-3-9-6-4-11-5-6/h6,9H,2-5H2,1H3,(H,8,10). The van der Waals surface area contributed by atoms with Crippen LogP contribution >= 0.6 is 0 Å². The van der Waals surface area contributed by atoms with Gasteiger partial charge in [-0.05, 0) is 0 Å². The molecule has 2 N–H and O–H groups in total. The van der Waals surface area contributed by atoms with Crippen LogP contribution in [-0.2, 0) is 9.53 Å². The Morgan fingerprint density at radius 2 is 2.36 bits per heavy atom. The molecule has 0 radical (unpaired) electrons. The Morgan fingerprint density at radius 3 is 2.82 bits per heavy atom. The summed E-state index contributed by atoms with van der Waals surface area (Å²) in [5, 5.41) is 5.76. The zero-order chi connectivity index (χ0) is 8.10. The van der Waals surface area contributed by atoms with Crippen molar-refractivity contribution in [1.29, 1.82) is 0 Å². The molecule has 0 aromatic carbocycles. The third-order valence-electron chi connectivity index (χ3n) is 1.70. The Kier molecular flexibility index (Phi) is 3.32. The number of amides is 1. The molecule has 1 heterocycles. The molecule has 0 unspecified atom stereocenters. The highest BCUT2D eigenvalue weighted by molar-refractivity contribution is 5.75. The average molecular weight is 158 g/mol. The first-order valence-corrected chi connectivity index (χ1v) is 3.84. The highest BCUT2D eigenvalue weighted by atomic mass is 16.5. The Labute approximate surface area is 66.3 Å². The normalized spacial score (nSPS) is 17.5. The molecule has 0 aromatic rings. The van der Waals surface area contributed by atoms with Gasteiger partial charge in [-0.1, -0.05) is 0 Å². The summed E-state index contributed by atoms with van der Waals surface area (Å²) in [5.41, 5.74) is 0. The molecule has 0 bridgehead atoms. The number of hydrogen-bond acceptors (Lipinski definition) is 3. The van der Waals surface area contributed by atoms with Crippen molar-refractivity contribution in [3.63, 3.8) is 0 Å². The second-order valence-electron chi connectivity index (χ2n) is 2.61. The van der Waals surface area contributed by atoms with Crippen molar-refractivity contribution >= 4 is 5.91 Å². The maximum atomic E-state index is 10.7. The van der Waals surface area contributed by atoms with Crippen molar-refractivity contribution < 1.29 is 9.53 Å². The van der Waals surface area contributed by atoms with Gasteiger partial charge in [-0.25, -0.2) is 0 Å². The van der Waals surface area contributed by atoms with Crippen molar-refractivity contribution in [3.05, 3.63) is 0 Å². The molecule has 1 aliphatic rings. The molecule has 0 atom stereocenters. The van der Waals surface area contributed by atoms with E-state index in [1.54, 1.807) is 7.05 Å². The summed E-state index contributed by atoms with van der Waals surface area (Å²) in [4.78, 5) is 10.7. The molecule has 4 nitrogen and oxygen atoms in total. The maximum Gasteiger partial charge on any atom is 0.221 e. The maximum absolute atomic E-state index is 10.7. The fourth-order valence-electron chi connectivity index (χ4n) is 0.868. The minimum Gasteiger partial charge on any atom is -0.378 e. The van der Waals surface area contributed by atoms with Crippen LogP contribution in [0.2, 0.25) is 0 Å². The number of carbonyl (C=O) groups excluding carboxylic acids is 1. The summed E-state index contributed by atoms with van der Waals surface area (Å²) in [6.45, 7) is 2.31. The first-order valence-electron chi connectivity index (χ1n) is 3.84. The summed E-state index contributed by atoms with van der Waals surface area (Å²) in [6, 6.07) is 0.472. The van der Waals surface area contributed by atoms with Gasteiger partial charge in [0.1, 0.15) is 0 Å². The number of hydrogen-bond donors (Lipinski definition) is 2. The SMILES string of the molecule is CNC(=O)CCNC1COC1. The molecule has 64 valence electrons. The molecule has 1 amide bonds. The fraction of sp³-hybridized carbons (Fsp3) is 0.857. The van der Waals surface area contributed by atoms with Gasteiger partial charge in [0, 0.05) is 20.0 Å². The monoisotopic (exact) mass is 158 g/mol. The Balaban J connectivity index is 1.90. The molecular formula is C7H14N2O2. The molecule has 0 spiro atoms. The van der Waals surface area contributed by atoms with E-state index in [0.29, 0.717) is 12.5 Å². The predicted molar refractivity (Wildman–Crippen MR) is 41.3 cm³/mol. The van der Waals surface area contributed by atoms with E-state index >= 15 is 0 Å². The van der Waals surface area contributed by atoms with E-state index in [9.17, 15) is 4.79 Å². The molecule has 1 saturated heterocycles. The second kappa shape index (κ2) is 4.31. The van der Waals surface area contributed by atoms with Crippen LogP contribution in [0.15, 0.2) is 0 Å².